The number of hydrogen-bond acceptors (Lipinski definition) is 3. The molecule has 2 aromatic heterocycles. The van der Waals surface area contributed by atoms with E-state index in [1.165, 1.54) is 6.07 Å². The Balaban J connectivity index is 2.63. The van der Waals surface area contributed by atoms with Crippen LogP contribution in [0.2, 0.25) is 0 Å². The van der Waals surface area contributed by atoms with Crippen molar-refractivity contribution in [3.05, 3.63) is 39.3 Å². The molecule has 2 aromatic rings. The molecule has 6 heteroatoms. The van der Waals surface area contributed by atoms with Gasteiger partial charge in [-0.2, -0.15) is 4.39 Å². The molecule has 72 valence electrons. The van der Waals surface area contributed by atoms with Gasteiger partial charge in [-0.25, -0.2) is 4.98 Å². The second-order valence-corrected chi connectivity index (χ2v) is 3.28. The Labute approximate surface area is 85.9 Å². The number of furan rings is 1. The third kappa shape index (κ3) is 1.48. The number of nitrogens with one attached hydrogen (secondary N) is 1. The van der Waals surface area contributed by atoms with Crippen LogP contribution < -0.4 is 5.56 Å². The summed E-state index contributed by atoms with van der Waals surface area (Å²) in [5, 5.41) is 0. The Bertz CT molecular complexity index is 520. The third-order valence-corrected chi connectivity index (χ3v) is 2.03. The molecule has 0 aromatic carbocycles. The van der Waals surface area contributed by atoms with Gasteiger partial charge in [0, 0.05) is 0 Å². The summed E-state index contributed by atoms with van der Waals surface area (Å²) in [6.07, 6.45) is 1.12. The lowest BCUT2D eigenvalue weighted by Gasteiger charge is -1.95. The van der Waals surface area contributed by atoms with Crippen molar-refractivity contribution in [3.63, 3.8) is 0 Å². The SMILES string of the molecule is O=c1[nH]cnc(-c2ccc(Br)o2)c1F. The van der Waals surface area contributed by atoms with Gasteiger partial charge in [-0.15, -0.1) is 0 Å². The molecule has 0 aliphatic heterocycles. The van der Waals surface area contributed by atoms with Gasteiger partial charge in [0.15, 0.2) is 10.4 Å². The van der Waals surface area contributed by atoms with Crippen LogP contribution in [-0.4, -0.2) is 9.97 Å². The van der Waals surface area contributed by atoms with Gasteiger partial charge in [-0.1, -0.05) is 0 Å². The highest BCUT2D eigenvalue weighted by Crippen LogP contribution is 2.23. The monoisotopic (exact) mass is 258 g/mol. The molecule has 0 unspecified atom stereocenters. The number of H-pyrrole nitrogens is 1. The average Bonchev–Trinajstić information content (AvgIpc) is 2.57. The Kier molecular flexibility index (Phi) is 2.20. The molecule has 0 spiro atoms. The van der Waals surface area contributed by atoms with E-state index in [2.05, 4.69) is 25.9 Å². The highest BCUT2D eigenvalue weighted by atomic mass is 79.9. The van der Waals surface area contributed by atoms with Crippen LogP contribution in [0.3, 0.4) is 0 Å². The molecule has 0 aliphatic carbocycles. The van der Waals surface area contributed by atoms with E-state index < -0.39 is 11.4 Å². The first kappa shape index (κ1) is 9.14. The van der Waals surface area contributed by atoms with Crippen LogP contribution in [0.5, 0.6) is 0 Å². The molecule has 0 aliphatic rings. The van der Waals surface area contributed by atoms with E-state index in [4.69, 9.17) is 4.42 Å². The molecular weight excluding hydrogens is 255 g/mol. The summed E-state index contributed by atoms with van der Waals surface area (Å²) >= 11 is 3.07. The number of aromatic amines is 1. The molecule has 0 saturated carbocycles. The van der Waals surface area contributed by atoms with E-state index in [1.807, 2.05) is 0 Å². The standard InChI is InChI=1S/C8H4BrFN2O2/c9-5-2-1-4(14-5)7-6(10)8(13)12-3-11-7/h1-3H,(H,11,12,13). The molecule has 0 radical (unpaired) electrons. The van der Waals surface area contributed by atoms with Crippen molar-refractivity contribution in [2.75, 3.05) is 0 Å². The minimum atomic E-state index is -0.950. The summed E-state index contributed by atoms with van der Waals surface area (Å²) in [5.41, 5.74) is -0.915. The number of hydrogen-bond donors (Lipinski definition) is 1. The molecule has 2 heterocycles. The van der Waals surface area contributed by atoms with Crippen molar-refractivity contribution in [1.29, 1.82) is 0 Å². The third-order valence-electron chi connectivity index (χ3n) is 1.60. The van der Waals surface area contributed by atoms with Crippen molar-refractivity contribution in [2.45, 2.75) is 0 Å². The molecule has 0 amide bonds. The molecule has 0 fully saturated rings. The van der Waals surface area contributed by atoms with E-state index in [-0.39, 0.29) is 11.5 Å². The van der Waals surface area contributed by atoms with Gasteiger partial charge in [0.25, 0.3) is 5.56 Å². The summed E-state index contributed by atoms with van der Waals surface area (Å²) in [6, 6.07) is 3.12. The highest BCUT2D eigenvalue weighted by Gasteiger charge is 2.13. The lowest BCUT2D eigenvalue weighted by molar-refractivity contribution is 0.539. The lowest BCUT2D eigenvalue weighted by Crippen LogP contribution is -2.12. The molecule has 14 heavy (non-hydrogen) atoms. The smallest absolute Gasteiger partial charge is 0.287 e. The van der Waals surface area contributed by atoms with E-state index in [1.54, 1.807) is 6.07 Å². The number of aromatic nitrogens is 2. The van der Waals surface area contributed by atoms with E-state index >= 15 is 0 Å². The molecule has 0 bridgehead atoms. The van der Waals surface area contributed by atoms with Crippen LogP contribution in [0, 0.1) is 5.82 Å². The maximum atomic E-state index is 13.2. The topological polar surface area (TPSA) is 58.9 Å². The zero-order valence-corrected chi connectivity index (χ0v) is 8.34. The van der Waals surface area contributed by atoms with Crippen LogP contribution in [0.15, 0.2) is 32.3 Å². The maximum Gasteiger partial charge on any atom is 0.287 e. The van der Waals surface area contributed by atoms with Gasteiger partial charge in [0.2, 0.25) is 5.82 Å². The minimum absolute atomic E-state index is 0.0977. The molecule has 4 nitrogen and oxygen atoms in total. The van der Waals surface area contributed by atoms with Gasteiger partial charge < -0.3 is 9.40 Å². The van der Waals surface area contributed by atoms with Crippen LogP contribution in [-0.2, 0) is 0 Å². The Morgan fingerprint density at radius 2 is 2.29 bits per heavy atom. The van der Waals surface area contributed by atoms with Crippen molar-refractivity contribution in [2.24, 2.45) is 0 Å². The first-order chi connectivity index (χ1) is 6.68. The van der Waals surface area contributed by atoms with Crippen LogP contribution >= 0.6 is 15.9 Å². The summed E-state index contributed by atoms with van der Waals surface area (Å²) in [7, 11) is 0. The molecule has 0 saturated heterocycles. The predicted molar refractivity (Wildman–Crippen MR) is 50.2 cm³/mol. The predicted octanol–water partition coefficient (Wildman–Crippen LogP) is 1.93. The molecule has 1 N–H and O–H groups in total. The number of halogens is 2. The van der Waals surface area contributed by atoms with Gasteiger partial charge >= 0.3 is 0 Å². The van der Waals surface area contributed by atoms with Gasteiger partial charge in [-0.05, 0) is 28.1 Å². The average molecular weight is 259 g/mol. The zero-order chi connectivity index (χ0) is 10.1. The molecule has 0 atom stereocenters. The van der Waals surface area contributed by atoms with Crippen molar-refractivity contribution < 1.29 is 8.81 Å². The fraction of sp³-hybridized carbons (Fsp3) is 0. The summed E-state index contributed by atoms with van der Waals surface area (Å²) in [6.45, 7) is 0. The number of nitrogens with zero attached hydrogens (tertiary/aromatic N) is 1. The normalized spacial score (nSPS) is 10.4. The summed E-state index contributed by atoms with van der Waals surface area (Å²) < 4.78 is 18.7. The first-order valence-electron chi connectivity index (χ1n) is 3.67. The fourth-order valence-corrected chi connectivity index (χ4v) is 1.30. The van der Waals surface area contributed by atoms with E-state index in [0.717, 1.165) is 6.33 Å². The quantitative estimate of drug-likeness (QED) is 0.851. The molecular formula is C8H4BrFN2O2. The Hall–Kier alpha value is -1.43. The van der Waals surface area contributed by atoms with Crippen molar-refractivity contribution >= 4 is 15.9 Å². The van der Waals surface area contributed by atoms with Crippen LogP contribution in [0.1, 0.15) is 0 Å². The van der Waals surface area contributed by atoms with Crippen LogP contribution in [0.4, 0.5) is 4.39 Å². The van der Waals surface area contributed by atoms with Gasteiger partial charge in [-0.3, -0.25) is 4.79 Å². The van der Waals surface area contributed by atoms with Gasteiger partial charge in [0.1, 0.15) is 5.69 Å². The van der Waals surface area contributed by atoms with Crippen molar-refractivity contribution in [3.8, 4) is 11.5 Å². The zero-order valence-electron chi connectivity index (χ0n) is 6.75. The van der Waals surface area contributed by atoms with Crippen molar-refractivity contribution in [1.82, 2.24) is 9.97 Å². The Morgan fingerprint density at radius 1 is 1.50 bits per heavy atom. The largest absolute Gasteiger partial charge is 0.448 e. The van der Waals surface area contributed by atoms with E-state index in [9.17, 15) is 9.18 Å². The fourth-order valence-electron chi connectivity index (χ4n) is 0.996. The second-order valence-electron chi connectivity index (χ2n) is 2.50. The second kappa shape index (κ2) is 3.38. The minimum Gasteiger partial charge on any atom is -0.448 e. The van der Waals surface area contributed by atoms with E-state index in [0.29, 0.717) is 4.67 Å². The molecule has 2 rings (SSSR count). The maximum absolute atomic E-state index is 13.2. The summed E-state index contributed by atoms with van der Waals surface area (Å²) in [5.74, 6) is -0.741. The highest BCUT2D eigenvalue weighted by molar-refractivity contribution is 9.10. The number of rotatable bonds is 1. The van der Waals surface area contributed by atoms with Crippen LogP contribution in [0.25, 0.3) is 11.5 Å². The Morgan fingerprint density at radius 3 is 2.93 bits per heavy atom. The van der Waals surface area contributed by atoms with Gasteiger partial charge in [0.05, 0.1) is 6.33 Å². The first-order valence-corrected chi connectivity index (χ1v) is 4.46. The lowest BCUT2D eigenvalue weighted by atomic mass is 10.3. The summed E-state index contributed by atoms with van der Waals surface area (Å²) in [4.78, 5) is 16.7.